The van der Waals surface area contributed by atoms with Crippen LogP contribution in [0.1, 0.15) is 11.6 Å². The van der Waals surface area contributed by atoms with Gasteiger partial charge < -0.3 is 26.0 Å². The minimum absolute atomic E-state index is 0. The van der Waals surface area contributed by atoms with Gasteiger partial charge in [0.15, 0.2) is 11.5 Å². The van der Waals surface area contributed by atoms with E-state index in [2.05, 4.69) is 10.6 Å². The van der Waals surface area contributed by atoms with Gasteiger partial charge in [-0.3, -0.25) is 0 Å². The van der Waals surface area contributed by atoms with Crippen molar-refractivity contribution in [3.63, 3.8) is 0 Å². The molecule has 1 heterocycles. The number of phenolic OH excluding ortho intramolecular Hbond substituents is 3. The molecule has 5 N–H and O–H groups in total. The highest BCUT2D eigenvalue weighted by molar-refractivity contribution is 5.85. The van der Waals surface area contributed by atoms with Gasteiger partial charge in [0.05, 0.1) is 0 Å². The van der Waals surface area contributed by atoms with Gasteiger partial charge in [0.25, 0.3) is 0 Å². The monoisotopic (exact) mass is 246 g/mol. The van der Waals surface area contributed by atoms with Crippen molar-refractivity contribution in [2.75, 3.05) is 19.6 Å². The fourth-order valence-electron chi connectivity index (χ4n) is 1.74. The Balaban J connectivity index is 0.00000128. The molecule has 2 rings (SSSR count). The lowest BCUT2D eigenvalue weighted by Gasteiger charge is -2.25. The van der Waals surface area contributed by atoms with E-state index in [0.29, 0.717) is 12.1 Å². The van der Waals surface area contributed by atoms with Crippen LogP contribution in [0.15, 0.2) is 12.1 Å². The van der Waals surface area contributed by atoms with E-state index >= 15 is 0 Å². The van der Waals surface area contributed by atoms with Gasteiger partial charge in [0.1, 0.15) is 0 Å². The first-order valence-electron chi connectivity index (χ1n) is 4.88. The topological polar surface area (TPSA) is 84.8 Å². The lowest BCUT2D eigenvalue weighted by molar-refractivity contribution is 0.353. The van der Waals surface area contributed by atoms with E-state index in [1.54, 1.807) is 6.07 Å². The summed E-state index contributed by atoms with van der Waals surface area (Å²) >= 11 is 0. The van der Waals surface area contributed by atoms with Crippen molar-refractivity contribution in [1.29, 1.82) is 0 Å². The maximum absolute atomic E-state index is 9.65. The quantitative estimate of drug-likeness (QED) is 0.465. The van der Waals surface area contributed by atoms with Gasteiger partial charge in [-0.2, -0.15) is 0 Å². The summed E-state index contributed by atoms with van der Waals surface area (Å²) in [6.07, 6.45) is 0. The fraction of sp³-hybridized carbons (Fsp3) is 0.400. The molecule has 1 aliphatic rings. The zero-order valence-electron chi connectivity index (χ0n) is 8.60. The van der Waals surface area contributed by atoms with Crippen LogP contribution in [0.2, 0.25) is 0 Å². The normalized spacial score (nSPS) is 20.1. The Hall–Kier alpha value is -1.17. The molecule has 0 amide bonds. The molecule has 0 bridgehead atoms. The highest BCUT2D eigenvalue weighted by atomic mass is 35.5. The SMILES string of the molecule is Cl.Oc1ccc([C@@H]2CNCCN2)c(O)c1O. The van der Waals surface area contributed by atoms with E-state index in [-0.39, 0.29) is 29.9 Å². The second-order valence-electron chi connectivity index (χ2n) is 3.58. The number of hydrogen-bond donors (Lipinski definition) is 5. The van der Waals surface area contributed by atoms with Crippen LogP contribution in [-0.2, 0) is 0 Å². The molecule has 1 atom stereocenters. The maximum Gasteiger partial charge on any atom is 0.200 e. The number of piperazine rings is 1. The maximum atomic E-state index is 9.65. The Bertz CT molecular complexity index is 367. The van der Waals surface area contributed by atoms with Crippen LogP contribution >= 0.6 is 12.4 Å². The number of halogens is 1. The zero-order chi connectivity index (χ0) is 10.8. The van der Waals surface area contributed by atoms with E-state index in [1.165, 1.54) is 6.07 Å². The summed E-state index contributed by atoms with van der Waals surface area (Å²) in [6, 6.07) is 2.95. The molecule has 90 valence electrons. The molecule has 1 aliphatic heterocycles. The molecule has 1 aromatic carbocycles. The van der Waals surface area contributed by atoms with Crippen LogP contribution in [0.4, 0.5) is 0 Å². The van der Waals surface area contributed by atoms with Crippen molar-refractivity contribution in [2.45, 2.75) is 6.04 Å². The summed E-state index contributed by atoms with van der Waals surface area (Å²) < 4.78 is 0. The second kappa shape index (κ2) is 5.25. The molecule has 1 fully saturated rings. The van der Waals surface area contributed by atoms with Crippen molar-refractivity contribution in [3.05, 3.63) is 17.7 Å². The van der Waals surface area contributed by atoms with Gasteiger partial charge in [0.2, 0.25) is 5.75 Å². The molecular formula is C10H15ClN2O3. The van der Waals surface area contributed by atoms with E-state index in [9.17, 15) is 15.3 Å². The average molecular weight is 247 g/mol. The van der Waals surface area contributed by atoms with Gasteiger partial charge in [-0.25, -0.2) is 0 Å². The first kappa shape index (κ1) is 12.9. The molecule has 0 spiro atoms. The summed E-state index contributed by atoms with van der Waals surface area (Å²) in [4.78, 5) is 0. The summed E-state index contributed by atoms with van der Waals surface area (Å²) in [6.45, 7) is 2.39. The lowest BCUT2D eigenvalue weighted by Crippen LogP contribution is -2.42. The summed E-state index contributed by atoms with van der Waals surface area (Å²) in [7, 11) is 0. The third-order valence-electron chi connectivity index (χ3n) is 2.58. The zero-order valence-corrected chi connectivity index (χ0v) is 9.42. The van der Waals surface area contributed by atoms with Crippen molar-refractivity contribution in [1.82, 2.24) is 10.6 Å². The Labute approximate surface area is 99.5 Å². The predicted octanol–water partition coefficient (Wildman–Crippen LogP) is 0.459. The highest BCUT2D eigenvalue weighted by Gasteiger charge is 2.20. The third kappa shape index (κ3) is 2.32. The Kier molecular flexibility index (Phi) is 4.23. The summed E-state index contributed by atoms with van der Waals surface area (Å²) in [5, 5.41) is 34.6. The van der Waals surface area contributed by atoms with Crippen LogP contribution < -0.4 is 10.6 Å². The second-order valence-corrected chi connectivity index (χ2v) is 3.58. The number of nitrogens with one attached hydrogen (secondary N) is 2. The molecule has 5 nitrogen and oxygen atoms in total. The number of phenols is 3. The predicted molar refractivity (Wildman–Crippen MR) is 62.3 cm³/mol. The lowest BCUT2D eigenvalue weighted by atomic mass is 10.0. The number of aromatic hydroxyl groups is 3. The van der Waals surface area contributed by atoms with Gasteiger partial charge in [-0.05, 0) is 12.1 Å². The van der Waals surface area contributed by atoms with Crippen LogP contribution in [-0.4, -0.2) is 35.0 Å². The minimum Gasteiger partial charge on any atom is -0.504 e. The van der Waals surface area contributed by atoms with Crippen molar-refractivity contribution < 1.29 is 15.3 Å². The molecule has 1 saturated heterocycles. The van der Waals surface area contributed by atoms with Gasteiger partial charge in [-0.1, -0.05) is 0 Å². The van der Waals surface area contributed by atoms with Gasteiger partial charge in [-0.15, -0.1) is 12.4 Å². The molecule has 1 aromatic rings. The Morgan fingerprint density at radius 3 is 2.44 bits per heavy atom. The first-order valence-corrected chi connectivity index (χ1v) is 4.88. The van der Waals surface area contributed by atoms with Crippen LogP contribution in [0.5, 0.6) is 17.2 Å². The first-order chi connectivity index (χ1) is 7.20. The summed E-state index contributed by atoms with van der Waals surface area (Å²) in [5.74, 6) is -1.02. The van der Waals surface area contributed by atoms with Gasteiger partial charge in [0, 0.05) is 31.2 Å². The standard InChI is InChI=1S/C10H14N2O3.ClH/c13-8-2-1-6(9(14)10(8)15)7-5-11-3-4-12-7;/h1-2,7,11-15H,3-5H2;1H/t7-;/m0./s1. The van der Waals surface area contributed by atoms with Gasteiger partial charge >= 0.3 is 0 Å². The minimum atomic E-state index is -0.458. The van der Waals surface area contributed by atoms with E-state index < -0.39 is 5.75 Å². The molecule has 0 radical (unpaired) electrons. The van der Waals surface area contributed by atoms with Crippen molar-refractivity contribution in [3.8, 4) is 17.2 Å². The highest BCUT2D eigenvalue weighted by Crippen LogP contribution is 2.39. The number of hydrogen-bond acceptors (Lipinski definition) is 5. The Morgan fingerprint density at radius 1 is 1.06 bits per heavy atom. The molecular weight excluding hydrogens is 232 g/mol. The molecule has 16 heavy (non-hydrogen) atoms. The third-order valence-corrected chi connectivity index (χ3v) is 2.58. The van der Waals surface area contributed by atoms with E-state index in [4.69, 9.17) is 0 Å². The molecule has 0 saturated carbocycles. The molecule has 0 aromatic heterocycles. The van der Waals surface area contributed by atoms with Crippen LogP contribution in [0, 0.1) is 0 Å². The van der Waals surface area contributed by atoms with Crippen molar-refractivity contribution in [2.24, 2.45) is 0 Å². The van der Waals surface area contributed by atoms with Crippen LogP contribution in [0.25, 0.3) is 0 Å². The van der Waals surface area contributed by atoms with E-state index in [0.717, 1.165) is 13.1 Å². The molecule has 0 aliphatic carbocycles. The van der Waals surface area contributed by atoms with Crippen molar-refractivity contribution >= 4 is 12.4 Å². The average Bonchev–Trinajstić information content (AvgIpc) is 2.27. The molecule has 6 heteroatoms. The number of rotatable bonds is 1. The largest absolute Gasteiger partial charge is 0.504 e. The van der Waals surface area contributed by atoms with Crippen LogP contribution in [0.3, 0.4) is 0 Å². The molecule has 0 unspecified atom stereocenters. The summed E-state index contributed by atoms with van der Waals surface area (Å²) in [5.41, 5.74) is 0.595. The smallest absolute Gasteiger partial charge is 0.200 e. The number of benzene rings is 1. The van der Waals surface area contributed by atoms with E-state index in [1.807, 2.05) is 0 Å². The fourth-order valence-corrected chi connectivity index (χ4v) is 1.74. The Morgan fingerprint density at radius 2 is 1.81 bits per heavy atom.